The lowest BCUT2D eigenvalue weighted by atomic mass is 10.2. The van der Waals surface area contributed by atoms with Crippen LogP contribution in [-0.2, 0) is 0 Å². The molecule has 0 saturated heterocycles. The maximum Gasteiger partial charge on any atom is 0.253 e. The molecule has 0 unspecified atom stereocenters. The molecule has 0 bridgehead atoms. The summed E-state index contributed by atoms with van der Waals surface area (Å²) in [5.74, 6) is -0.0282. The summed E-state index contributed by atoms with van der Waals surface area (Å²) in [6.07, 6.45) is 0. The molecule has 0 aliphatic rings. The van der Waals surface area contributed by atoms with E-state index in [0.29, 0.717) is 6.54 Å². The monoisotopic (exact) mass is 385 g/mol. The van der Waals surface area contributed by atoms with E-state index in [4.69, 9.17) is 0 Å². The lowest BCUT2D eigenvalue weighted by Crippen LogP contribution is -2.30. The fourth-order valence-corrected chi connectivity index (χ4v) is 2.79. The molecule has 2 rings (SSSR count). The topological polar surface area (TPSA) is 46.1 Å². The van der Waals surface area contributed by atoms with E-state index in [2.05, 4.69) is 31.1 Å². The van der Waals surface area contributed by atoms with E-state index in [0.717, 1.165) is 33.7 Å². The van der Waals surface area contributed by atoms with Gasteiger partial charge in [0.25, 0.3) is 5.91 Å². The molecule has 0 atom stereocenters. The van der Waals surface area contributed by atoms with Gasteiger partial charge < -0.3 is 15.2 Å². The quantitative estimate of drug-likeness (QED) is 0.775. The fraction of sp³-hybridized carbons (Fsp3) is 0.312. The Morgan fingerprint density at radius 3 is 2.59 bits per heavy atom. The van der Waals surface area contributed by atoms with Crippen molar-refractivity contribution in [2.45, 2.75) is 13.8 Å². The van der Waals surface area contributed by atoms with Crippen LogP contribution >= 0.6 is 28.3 Å². The van der Waals surface area contributed by atoms with Gasteiger partial charge in [-0.25, -0.2) is 0 Å². The van der Waals surface area contributed by atoms with Crippen LogP contribution in [0.4, 0.5) is 0 Å². The van der Waals surface area contributed by atoms with Crippen LogP contribution in [0.1, 0.15) is 21.7 Å². The first-order valence-corrected chi connectivity index (χ1v) is 7.71. The van der Waals surface area contributed by atoms with E-state index in [1.807, 2.05) is 51.2 Å². The molecule has 0 aliphatic carbocycles. The average molecular weight is 387 g/mol. The number of aryl methyl sites for hydroxylation is 1. The summed E-state index contributed by atoms with van der Waals surface area (Å²) >= 11 is 3.49. The first-order chi connectivity index (χ1) is 10.0. The highest BCUT2D eigenvalue weighted by Crippen LogP contribution is 2.23. The second-order valence-corrected chi connectivity index (χ2v) is 5.88. The van der Waals surface area contributed by atoms with Crippen LogP contribution in [-0.4, -0.2) is 30.6 Å². The zero-order chi connectivity index (χ0) is 15.4. The van der Waals surface area contributed by atoms with Gasteiger partial charge in [-0.1, -0.05) is 22.0 Å². The number of halogens is 2. The van der Waals surface area contributed by atoms with Crippen molar-refractivity contribution in [1.82, 2.24) is 15.2 Å². The number of nitrogens with zero attached hydrogens (tertiary/aromatic N) is 1. The zero-order valence-corrected chi connectivity index (χ0v) is 15.3. The zero-order valence-electron chi connectivity index (χ0n) is 12.9. The Labute approximate surface area is 145 Å². The molecule has 0 aliphatic heterocycles. The molecular formula is C16H21BrClN3O. The largest absolute Gasteiger partial charge is 0.351 e. The summed E-state index contributed by atoms with van der Waals surface area (Å²) in [4.78, 5) is 12.2. The summed E-state index contributed by atoms with van der Waals surface area (Å²) in [5, 5.41) is 5.93. The lowest BCUT2D eigenvalue weighted by Gasteiger charge is -2.10. The number of benzene rings is 1. The third-order valence-corrected chi connectivity index (χ3v) is 3.90. The van der Waals surface area contributed by atoms with Crippen LogP contribution in [0.15, 0.2) is 34.8 Å². The van der Waals surface area contributed by atoms with Crippen molar-refractivity contribution in [2.75, 3.05) is 20.1 Å². The Kier molecular flexibility index (Phi) is 7.13. The van der Waals surface area contributed by atoms with Gasteiger partial charge >= 0.3 is 0 Å². The molecule has 2 N–H and O–H groups in total. The van der Waals surface area contributed by atoms with Gasteiger partial charge in [0.2, 0.25) is 0 Å². The number of hydrogen-bond acceptors (Lipinski definition) is 2. The van der Waals surface area contributed by atoms with Gasteiger partial charge in [-0.15, -0.1) is 12.4 Å². The standard InChI is InChI=1S/C16H20BrN3O.ClH/c1-11-9-15(16(21)19-8-7-18-3)12(2)20(11)14-6-4-5-13(17)10-14;/h4-6,9-10,18H,7-8H2,1-3H3,(H,19,21);1H. The van der Waals surface area contributed by atoms with E-state index in [1.165, 1.54) is 0 Å². The van der Waals surface area contributed by atoms with Crippen LogP contribution in [0.3, 0.4) is 0 Å². The molecule has 0 saturated carbocycles. The number of aromatic nitrogens is 1. The predicted molar refractivity (Wildman–Crippen MR) is 96.5 cm³/mol. The predicted octanol–water partition coefficient (Wildman–Crippen LogP) is 3.23. The lowest BCUT2D eigenvalue weighted by molar-refractivity contribution is 0.0953. The van der Waals surface area contributed by atoms with Gasteiger partial charge in [-0.3, -0.25) is 4.79 Å². The maximum absolute atomic E-state index is 12.2. The third-order valence-electron chi connectivity index (χ3n) is 3.40. The van der Waals surface area contributed by atoms with Crippen LogP contribution < -0.4 is 10.6 Å². The van der Waals surface area contributed by atoms with E-state index < -0.39 is 0 Å². The van der Waals surface area contributed by atoms with Crippen LogP contribution in [0.25, 0.3) is 5.69 Å². The molecule has 0 radical (unpaired) electrons. The van der Waals surface area contributed by atoms with Crippen molar-refractivity contribution >= 4 is 34.2 Å². The molecule has 120 valence electrons. The van der Waals surface area contributed by atoms with Crippen LogP contribution in [0, 0.1) is 13.8 Å². The minimum absolute atomic E-state index is 0. The molecular weight excluding hydrogens is 366 g/mol. The first kappa shape index (κ1) is 18.7. The number of nitrogens with one attached hydrogen (secondary N) is 2. The summed E-state index contributed by atoms with van der Waals surface area (Å²) in [7, 11) is 1.87. The van der Waals surface area contributed by atoms with Crippen molar-refractivity contribution in [3.05, 3.63) is 51.8 Å². The maximum atomic E-state index is 12.2. The highest BCUT2D eigenvalue weighted by Gasteiger charge is 2.16. The average Bonchev–Trinajstić information content (AvgIpc) is 2.74. The normalized spacial score (nSPS) is 10.2. The van der Waals surface area contributed by atoms with Crippen molar-refractivity contribution in [3.8, 4) is 5.69 Å². The van der Waals surface area contributed by atoms with Crippen LogP contribution in [0.2, 0.25) is 0 Å². The summed E-state index contributed by atoms with van der Waals surface area (Å²) < 4.78 is 3.12. The van der Waals surface area contributed by atoms with Gasteiger partial charge in [0.15, 0.2) is 0 Å². The number of likely N-dealkylation sites (N-methyl/N-ethyl adjacent to an activating group) is 1. The summed E-state index contributed by atoms with van der Waals surface area (Å²) in [5.41, 5.74) is 3.77. The number of amides is 1. The summed E-state index contributed by atoms with van der Waals surface area (Å²) in [6.45, 7) is 5.37. The van der Waals surface area contributed by atoms with Gasteiger partial charge in [0, 0.05) is 34.6 Å². The van der Waals surface area contributed by atoms with Gasteiger partial charge in [0.05, 0.1) is 5.56 Å². The minimum Gasteiger partial charge on any atom is -0.351 e. The van der Waals surface area contributed by atoms with E-state index in [1.54, 1.807) is 0 Å². The number of hydrogen-bond donors (Lipinski definition) is 2. The van der Waals surface area contributed by atoms with E-state index >= 15 is 0 Å². The van der Waals surface area contributed by atoms with Crippen molar-refractivity contribution in [2.24, 2.45) is 0 Å². The molecule has 2 aromatic rings. The van der Waals surface area contributed by atoms with Crippen molar-refractivity contribution in [1.29, 1.82) is 0 Å². The molecule has 1 aromatic carbocycles. The molecule has 4 nitrogen and oxygen atoms in total. The first-order valence-electron chi connectivity index (χ1n) is 6.92. The molecule has 1 heterocycles. The van der Waals surface area contributed by atoms with Crippen molar-refractivity contribution < 1.29 is 4.79 Å². The molecule has 0 spiro atoms. The van der Waals surface area contributed by atoms with Crippen molar-refractivity contribution in [3.63, 3.8) is 0 Å². The van der Waals surface area contributed by atoms with E-state index in [-0.39, 0.29) is 18.3 Å². The van der Waals surface area contributed by atoms with Crippen LogP contribution in [0.5, 0.6) is 0 Å². The molecule has 1 amide bonds. The second-order valence-electron chi connectivity index (χ2n) is 4.96. The Morgan fingerprint density at radius 1 is 1.23 bits per heavy atom. The third kappa shape index (κ3) is 4.12. The minimum atomic E-state index is -0.0282. The highest BCUT2D eigenvalue weighted by atomic mass is 79.9. The van der Waals surface area contributed by atoms with Gasteiger partial charge in [-0.05, 0) is 45.2 Å². The molecule has 22 heavy (non-hydrogen) atoms. The Morgan fingerprint density at radius 2 is 1.95 bits per heavy atom. The second kappa shape index (κ2) is 8.36. The van der Waals surface area contributed by atoms with Gasteiger partial charge in [-0.2, -0.15) is 0 Å². The molecule has 0 fully saturated rings. The Balaban J connectivity index is 0.00000242. The number of carbonyl (C=O) groups excluding carboxylic acids is 1. The summed E-state index contributed by atoms with van der Waals surface area (Å²) in [6, 6.07) is 10.00. The Bertz CT molecular complexity index is 655. The SMILES string of the molecule is CNCCNC(=O)c1cc(C)n(-c2cccc(Br)c2)c1C.Cl. The smallest absolute Gasteiger partial charge is 0.253 e. The highest BCUT2D eigenvalue weighted by molar-refractivity contribution is 9.10. The van der Waals surface area contributed by atoms with E-state index in [9.17, 15) is 4.79 Å². The molecule has 6 heteroatoms. The molecule has 1 aromatic heterocycles. The van der Waals surface area contributed by atoms with Gasteiger partial charge in [0.1, 0.15) is 0 Å². The fourth-order valence-electron chi connectivity index (χ4n) is 2.40. The number of rotatable bonds is 5. The number of carbonyl (C=O) groups is 1. The Hall–Kier alpha value is -1.30.